The van der Waals surface area contributed by atoms with Crippen molar-refractivity contribution in [2.24, 2.45) is 5.92 Å². The number of unbranched alkanes of at least 4 members (excludes halogenated alkanes) is 2. The Balaban J connectivity index is 2.36. The third-order valence-electron chi connectivity index (χ3n) is 2.73. The summed E-state index contributed by atoms with van der Waals surface area (Å²) in [6.45, 7) is 7.21. The van der Waals surface area contributed by atoms with Crippen LogP contribution in [-0.4, -0.2) is 17.4 Å². The molecule has 0 aromatic carbocycles. The zero-order valence-electron chi connectivity index (χ0n) is 12.2. The molecule has 1 aromatic rings. The van der Waals surface area contributed by atoms with Crippen molar-refractivity contribution in [2.75, 3.05) is 17.2 Å². The molecule has 4 heteroatoms. The number of amides is 1. The van der Waals surface area contributed by atoms with E-state index in [0.29, 0.717) is 18.2 Å². The van der Waals surface area contributed by atoms with Crippen LogP contribution in [0.3, 0.4) is 0 Å². The average molecular weight is 263 g/mol. The van der Waals surface area contributed by atoms with Crippen LogP contribution in [0.4, 0.5) is 11.5 Å². The van der Waals surface area contributed by atoms with Crippen LogP contribution in [0.2, 0.25) is 0 Å². The molecule has 0 fully saturated rings. The second-order valence-corrected chi connectivity index (χ2v) is 5.21. The van der Waals surface area contributed by atoms with Crippen LogP contribution in [0.25, 0.3) is 0 Å². The summed E-state index contributed by atoms with van der Waals surface area (Å²) in [5, 5.41) is 6.12. The molecule has 0 radical (unpaired) electrons. The Bertz CT molecular complexity index is 373. The molecule has 4 nitrogen and oxygen atoms in total. The zero-order chi connectivity index (χ0) is 14.1. The molecule has 0 saturated carbocycles. The van der Waals surface area contributed by atoms with Crippen LogP contribution in [-0.2, 0) is 4.79 Å². The van der Waals surface area contributed by atoms with Crippen molar-refractivity contribution in [1.29, 1.82) is 0 Å². The van der Waals surface area contributed by atoms with Gasteiger partial charge in [0.05, 0.1) is 11.9 Å². The van der Waals surface area contributed by atoms with Crippen molar-refractivity contribution >= 4 is 17.4 Å². The van der Waals surface area contributed by atoms with Gasteiger partial charge >= 0.3 is 0 Å². The van der Waals surface area contributed by atoms with Crippen LogP contribution >= 0.6 is 0 Å². The second-order valence-electron chi connectivity index (χ2n) is 5.21. The maximum atomic E-state index is 11.6. The maximum absolute atomic E-state index is 11.6. The second kappa shape index (κ2) is 8.51. The zero-order valence-corrected chi connectivity index (χ0v) is 12.2. The first-order chi connectivity index (χ1) is 9.11. The Labute approximate surface area is 116 Å². The topological polar surface area (TPSA) is 54.0 Å². The smallest absolute Gasteiger partial charge is 0.225 e. The number of nitrogens with zero attached hydrogens (tertiary/aromatic N) is 1. The lowest BCUT2D eigenvalue weighted by molar-refractivity contribution is -0.116. The highest BCUT2D eigenvalue weighted by atomic mass is 16.1. The predicted molar refractivity (Wildman–Crippen MR) is 80.3 cm³/mol. The number of pyridine rings is 1. The molecule has 1 aromatic heterocycles. The molecule has 0 bridgehead atoms. The first kappa shape index (κ1) is 15.5. The van der Waals surface area contributed by atoms with Gasteiger partial charge in [-0.3, -0.25) is 4.79 Å². The van der Waals surface area contributed by atoms with Gasteiger partial charge in [0.2, 0.25) is 5.91 Å². The summed E-state index contributed by atoms with van der Waals surface area (Å²) in [4.78, 5) is 15.8. The molecule has 1 rings (SSSR count). The number of hydrogen-bond acceptors (Lipinski definition) is 3. The normalized spacial score (nSPS) is 10.5. The van der Waals surface area contributed by atoms with E-state index in [1.807, 2.05) is 26.0 Å². The van der Waals surface area contributed by atoms with Crippen molar-refractivity contribution in [2.45, 2.75) is 46.5 Å². The van der Waals surface area contributed by atoms with Crippen molar-refractivity contribution in [3.8, 4) is 0 Å². The van der Waals surface area contributed by atoms with Gasteiger partial charge in [0.1, 0.15) is 5.82 Å². The van der Waals surface area contributed by atoms with E-state index < -0.39 is 0 Å². The largest absolute Gasteiger partial charge is 0.384 e. The summed E-state index contributed by atoms with van der Waals surface area (Å²) in [5.74, 6) is 0.996. The molecular formula is C15H25N3O. The first-order valence-electron chi connectivity index (χ1n) is 7.11. The van der Waals surface area contributed by atoms with E-state index in [4.69, 9.17) is 0 Å². The standard InChI is InChI=1S/C15H25N3O/c1-4-5-6-9-16-13-7-8-14(17-11-13)18-15(19)10-12(2)3/h7-8,11-12,16H,4-6,9-10H2,1-3H3,(H,17,18,19). The summed E-state index contributed by atoms with van der Waals surface area (Å²) in [6.07, 6.45) is 5.92. The van der Waals surface area contributed by atoms with E-state index in [1.54, 1.807) is 6.20 Å². The molecule has 1 heterocycles. The highest BCUT2D eigenvalue weighted by Gasteiger charge is 2.05. The van der Waals surface area contributed by atoms with E-state index in [2.05, 4.69) is 22.5 Å². The number of anilines is 2. The summed E-state index contributed by atoms with van der Waals surface area (Å²) >= 11 is 0. The lowest BCUT2D eigenvalue weighted by Gasteiger charge is -2.08. The number of hydrogen-bond donors (Lipinski definition) is 2. The first-order valence-corrected chi connectivity index (χ1v) is 7.11. The van der Waals surface area contributed by atoms with Crippen LogP contribution in [0.1, 0.15) is 46.5 Å². The molecule has 0 aliphatic carbocycles. The minimum absolute atomic E-state index is 0.0196. The van der Waals surface area contributed by atoms with E-state index in [9.17, 15) is 4.79 Å². The van der Waals surface area contributed by atoms with Gasteiger partial charge in [0.15, 0.2) is 0 Å². The quantitative estimate of drug-likeness (QED) is 0.704. The number of carbonyl (C=O) groups is 1. The fourth-order valence-corrected chi connectivity index (χ4v) is 1.74. The highest BCUT2D eigenvalue weighted by molar-refractivity contribution is 5.89. The fourth-order valence-electron chi connectivity index (χ4n) is 1.74. The van der Waals surface area contributed by atoms with E-state index in [1.165, 1.54) is 19.3 Å². The third-order valence-corrected chi connectivity index (χ3v) is 2.73. The maximum Gasteiger partial charge on any atom is 0.225 e. The number of aromatic nitrogens is 1. The van der Waals surface area contributed by atoms with Crippen LogP contribution in [0.5, 0.6) is 0 Å². The van der Waals surface area contributed by atoms with E-state index >= 15 is 0 Å². The van der Waals surface area contributed by atoms with Crippen LogP contribution in [0, 0.1) is 5.92 Å². The third kappa shape index (κ3) is 6.79. The SMILES string of the molecule is CCCCCNc1ccc(NC(=O)CC(C)C)nc1. The van der Waals surface area contributed by atoms with Gasteiger partial charge in [-0.15, -0.1) is 0 Å². The molecule has 0 aliphatic rings. The van der Waals surface area contributed by atoms with E-state index in [0.717, 1.165) is 12.2 Å². The van der Waals surface area contributed by atoms with Gasteiger partial charge in [-0.1, -0.05) is 33.6 Å². The fraction of sp³-hybridized carbons (Fsp3) is 0.600. The molecule has 0 spiro atoms. The lowest BCUT2D eigenvalue weighted by Crippen LogP contribution is -2.14. The van der Waals surface area contributed by atoms with Gasteiger partial charge in [0, 0.05) is 13.0 Å². The Morgan fingerprint density at radius 1 is 1.32 bits per heavy atom. The minimum atomic E-state index is 0.0196. The van der Waals surface area contributed by atoms with Crippen LogP contribution < -0.4 is 10.6 Å². The molecule has 106 valence electrons. The summed E-state index contributed by atoms with van der Waals surface area (Å²) in [7, 11) is 0. The van der Waals surface area contributed by atoms with Crippen molar-refractivity contribution < 1.29 is 4.79 Å². The van der Waals surface area contributed by atoms with Gasteiger partial charge in [-0.25, -0.2) is 4.98 Å². The molecule has 0 atom stereocenters. The predicted octanol–water partition coefficient (Wildman–Crippen LogP) is 3.67. The molecular weight excluding hydrogens is 238 g/mol. The van der Waals surface area contributed by atoms with Gasteiger partial charge < -0.3 is 10.6 Å². The molecule has 19 heavy (non-hydrogen) atoms. The molecule has 0 aliphatic heterocycles. The van der Waals surface area contributed by atoms with Gasteiger partial charge in [0.25, 0.3) is 0 Å². The van der Waals surface area contributed by atoms with Crippen molar-refractivity contribution in [3.05, 3.63) is 18.3 Å². The van der Waals surface area contributed by atoms with Gasteiger partial charge in [-0.2, -0.15) is 0 Å². The van der Waals surface area contributed by atoms with Crippen molar-refractivity contribution in [3.63, 3.8) is 0 Å². The van der Waals surface area contributed by atoms with Crippen LogP contribution in [0.15, 0.2) is 18.3 Å². The Hall–Kier alpha value is -1.58. The average Bonchev–Trinajstić information content (AvgIpc) is 2.35. The van der Waals surface area contributed by atoms with Gasteiger partial charge in [-0.05, 0) is 24.5 Å². The number of carbonyl (C=O) groups excluding carboxylic acids is 1. The Morgan fingerprint density at radius 3 is 2.68 bits per heavy atom. The summed E-state index contributed by atoms with van der Waals surface area (Å²) < 4.78 is 0. The lowest BCUT2D eigenvalue weighted by atomic mass is 10.1. The Kier molecular flexibility index (Phi) is 6.93. The molecule has 0 unspecified atom stereocenters. The summed E-state index contributed by atoms with van der Waals surface area (Å²) in [5.41, 5.74) is 0.998. The van der Waals surface area contributed by atoms with E-state index in [-0.39, 0.29) is 5.91 Å². The van der Waals surface area contributed by atoms with Crippen molar-refractivity contribution in [1.82, 2.24) is 4.98 Å². The monoisotopic (exact) mass is 263 g/mol. The Morgan fingerprint density at radius 2 is 2.11 bits per heavy atom. The highest BCUT2D eigenvalue weighted by Crippen LogP contribution is 2.11. The molecule has 1 amide bonds. The number of rotatable bonds is 8. The summed E-state index contributed by atoms with van der Waals surface area (Å²) in [6, 6.07) is 3.78. The molecule has 0 saturated heterocycles. The molecule has 2 N–H and O–H groups in total. The minimum Gasteiger partial charge on any atom is -0.384 e. The number of nitrogens with one attached hydrogen (secondary N) is 2.